The first-order valence-electron chi connectivity index (χ1n) is 4.06. The molecule has 1 fully saturated rings. The molecule has 2 unspecified atom stereocenters. The molecule has 0 N–H and O–H groups in total. The molecule has 0 saturated carbocycles. The Bertz CT molecular complexity index is 151. The second kappa shape index (κ2) is 4.42. The number of carbonyl (C=O) groups is 1. The molecule has 1 aliphatic rings. The SMILES string of the molecule is CC(=O)OC(C)C1COCCO1. The highest BCUT2D eigenvalue weighted by Gasteiger charge is 2.23. The second-order valence-electron chi connectivity index (χ2n) is 2.80. The van der Waals surface area contributed by atoms with Crippen LogP contribution < -0.4 is 0 Å². The summed E-state index contributed by atoms with van der Waals surface area (Å²) in [5, 5.41) is 0. The summed E-state index contributed by atoms with van der Waals surface area (Å²) in [5.41, 5.74) is 0. The van der Waals surface area contributed by atoms with E-state index < -0.39 is 0 Å². The molecule has 4 heteroatoms. The topological polar surface area (TPSA) is 44.8 Å². The van der Waals surface area contributed by atoms with Crippen LogP contribution in [0.1, 0.15) is 13.8 Å². The summed E-state index contributed by atoms with van der Waals surface area (Å²) in [6.45, 7) is 4.91. The van der Waals surface area contributed by atoms with Crippen molar-refractivity contribution in [2.45, 2.75) is 26.1 Å². The maximum Gasteiger partial charge on any atom is 0.302 e. The van der Waals surface area contributed by atoms with Crippen molar-refractivity contribution in [2.24, 2.45) is 0 Å². The van der Waals surface area contributed by atoms with Crippen molar-refractivity contribution < 1.29 is 19.0 Å². The van der Waals surface area contributed by atoms with Crippen molar-refractivity contribution in [2.75, 3.05) is 19.8 Å². The molecular formula is C8H14O4. The molecule has 70 valence electrons. The molecule has 0 radical (unpaired) electrons. The van der Waals surface area contributed by atoms with Crippen LogP contribution in [0.5, 0.6) is 0 Å². The molecule has 1 aliphatic heterocycles. The number of hydrogen-bond acceptors (Lipinski definition) is 4. The second-order valence-corrected chi connectivity index (χ2v) is 2.80. The Labute approximate surface area is 71.8 Å². The molecule has 2 atom stereocenters. The predicted molar refractivity (Wildman–Crippen MR) is 41.8 cm³/mol. The summed E-state index contributed by atoms with van der Waals surface area (Å²) in [6.07, 6.45) is -0.328. The third kappa shape index (κ3) is 2.79. The highest BCUT2D eigenvalue weighted by molar-refractivity contribution is 5.66. The molecule has 0 bridgehead atoms. The first-order valence-corrected chi connectivity index (χ1v) is 4.06. The number of carbonyl (C=O) groups excluding carboxylic acids is 1. The summed E-state index contributed by atoms with van der Waals surface area (Å²) < 4.78 is 15.5. The van der Waals surface area contributed by atoms with Gasteiger partial charge in [0, 0.05) is 6.92 Å². The number of rotatable bonds is 2. The first-order chi connectivity index (χ1) is 5.70. The lowest BCUT2D eigenvalue weighted by molar-refractivity contribution is -0.167. The van der Waals surface area contributed by atoms with Gasteiger partial charge in [0.1, 0.15) is 12.2 Å². The zero-order chi connectivity index (χ0) is 8.97. The summed E-state index contributed by atoms with van der Waals surface area (Å²) in [7, 11) is 0. The van der Waals surface area contributed by atoms with Gasteiger partial charge >= 0.3 is 5.97 Å². The summed E-state index contributed by atoms with van der Waals surface area (Å²) in [5.74, 6) is -0.281. The highest BCUT2D eigenvalue weighted by atomic mass is 16.6. The van der Waals surface area contributed by atoms with Crippen LogP contribution in [0, 0.1) is 0 Å². The number of hydrogen-bond donors (Lipinski definition) is 0. The van der Waals surface area contributed by atoms with Gasteiger partial charge < -0.3 is 14.2 Å². The van der Waals surface area contributed by atoms with Crippen molar-refractivity contribution in [1.82, 2.24) is 0 Å². The molecule has 12 heavy (non-hydrogen) atoms. The molecule has 1 heterocycles. The van der Waals surface area contributed by atoms with Crippen molar-refractivity contribution in [3.05, 3.63) is 0 Å². The van der Waals surface area contributed by atoms with E-state index in [2.05, 4.69) is 0 Å². The summed E-state index contributed by atoms with van der Waals surface area (Å²) in [6, 6.07) is 0. The van der Waals surface area contributed by atoms with E-state index in [0.29, 0.717) is 19.8 Å². The molecule has 1 rings (SSSR count). The normalized spacial score (nSPS) is 26.3. The fourth-order valence-corrected chi connectivity index (χ4v) is 1.11. The Kier molecular flexibility index (Phi) is 3.49. The van der Waals surface area contributed by atoms with Gasteiger partial charge in [-0.15, -0.1) is 0 Å². The average molecular weight is 174 g/mol. The van der Waals surface area contributed by atoms with E-state index >= 15 is 0 Å². The lowest BCUT2D eigenvalue weighted by Crippen LogP contribution is -2.39. The molecule has 0 amide bonds. The van der Waals surface area contributed by atoms with Crippen molar-refractivity contribution in [1.29, 1.82) is 0 Å². The van der Waals surface area contributed by atoms with Crippen LogP contribution in [0.3, 0.4) is 0 Å². The lowest BCUT2D eigenvalue weighted by Gasteiger charge is -2.27. The fraction of sp³-hybridized carbons (Fsp3) is 0.875. The van der Waals surface area contributed by atoms with E-state index in [9.17, 15) is 4.79 Å². The number of ether oxygens (including phenoxy) is 3. The molecule has 0 aromatic carbocycles. The van der Waals surface area contributed by atoms with Gasteiger partial charge in [-0.1, -0.05) is 0 Å². The van der Waals surface area contributed by atoms with E-state index in [1.807, 2.05) is 0 Å². The predicted octanol–water partition coefficient (Wildman–Crippen LogP) is 0.353. The Balaban J connectivity index is 2.29. The minimum absolute atomic E-state index is 0.109. The van der Waals surface area contributed by atoms with Gasteiger partial charge in [0.25, 0.3) is 0 Å². The standard InChI is InChI=1S/C8H14O4/c1-6(12-7(2)9)8-5-10-3-4-11-8/h6,8H,3-5H2,1-2H3. The Morgan fingerprint density at radius 2 is 2.33 bits per heavy atom. The summed E-state index contributed by atoms with van der Waals surface area (Å²) in [4.78, 5) is 10.6. The van der Waals surface area contributed by atoms with Crippen LogP contribution in [-0.4, -0.2) is 38.0 Å². The van der Waals surface area contributed by atoms with Crippen LogP contribution in [0.25, 0.3) is 0 Å². The first kappa shape index (κ1) is 9.48. The van der Waals surface area contributed by atoms with Gasteiger partial charge in [0.05, 0.1) is 19.8 Å². The van der Waals surface area contributed by atoms with Gasteiger partial charge in [-0.25, -0.2) is 0 Å². The molecule has 0 aliphatic carbocycles. The maximum atomic E-state index is 10.6. The zero-order valence-corrected chi connectivity index (χ0v) is 7.41. The molecule has 0 spiro atoms. The fourth-order valence-electron chi connectivity index (χ4n) is 1.11. The van der Waals surface area contributed by atoms with Gasteiger partial charge in [0.15, 0.2) is 0 Å². The molecule has 4 nitrogen and oxygen atoms in total. The van der Waals surface area contributed by atoms with Crippen LogP contribution >= 0.6 is 0 Å². The van der Waals surface area contributed by atoms with Crippen LogP contribution in [0.15, 0.2) is 0 Å². The lowest BCUT2D eigenvalue weighted by atomic mass is 10.2. The number of esters is 1. The van der Waals surface area contributed by atoms with Gasteiger partial charge in [-0.05, 0) is 6.92 Å². The van der Waals surface area contributed by atoms with Crippen molar-refractivity contribution in [3.8, 4) is 0 Å². The Morgan fingerprint density at radius 3 is 2.83 bits per heavy atom. The van der Waals surface area contributed by atoms with Gasteiger partial charge in [-0.3, -0.25) is 4.79 Å². The minimum atomic E-state index is -0.281. The third-order valence-corrected chi connectivity index (χ3v) is 1.72. The van der Waals surface area contributed by atoms with Gasteiger partial charge in [-0.2, -0.15) is 0 Å². The quantitative estimate of drug-likeness (QED) is 0.567. The largest absolute Gasteiger partial charge is 0.460 e. The van der Waals surface area contributed by atoms with E-state index in [1.54, 1.807) is 6.92 Å². The van der Waals surface area contributed by atoms with Crippen molar-refractivity contribution >= 4 is 5.97 Å². The smallest absolute Gasteiger partial charge is 0.302 e. The van der Waals surface area contributed by atoms with E-state index in [4.69, 9.17) is 14.2 Å². The molecule has 0 aromatic heterocycles. The molecule has 0 aromatic rings. The van der Waals surface area contributed by atoms with Crippen LogP contribution in [0.2, 0.25) is 0 Å². The Morgan fingerprint density at radius 1 is 1.58 bits per heavy atom. The van der Waals surface area contributed by atoms with Crippen molar-refractivity contribution in [3.63, 3.8) is 0 Å². The third-order valence-electron chi connectivity index (χ3n) is 1.72. The van der Waals surface area contributed by atoms with E-state index in [1.165, 1.54) is 6.92 Å². The molecule has 1 saturated heterocycles. The zero-order valence-electron chi connectivity index (χ0n) is 7.41. The maximum absolute atomic E-state index is 10.6. The van der Waals surface area contributed by atoms with Crippen LogP contribution in [0.4, 0.5) is 0 Å². The Hall–Kier alpha value is -0.610. The van der Waals surface area contributed by atoms with Gasteiger partial charge in [0.2, 0.25) is 0 Å². The minimum Gasteiger partial charge on any atom is -0.460 e. The highest BCUT2D eigenvalue weighted by Crippen LogP contribution is 2.08. The molecular weight excluding hydrogens is 160 g/mol. The van der Waals surface area contributed by atoms with E-state index in [0.717, 1.165) is 0 Å². The average Bonchev–Trinajstić information content (AvgIpc) is 2.05. The summed E-state index contributed by atoms with van der Waals surface area (Å²) >= 11 is 0. The monoisotopic (exact) mass is 174 g/mol. The van der Waals surface area contributed by atoms with E-state index in [-0.39, 0.29) is 18.2 Å². The van der Waals surface area contributed by atoms with Crippen LogP contribution in [-0.2, 0) is 19.0 Å².